The van der Waals surface area contributed by atoms with Crippen LogP contribution in [0.1, 0.15) is 12.5 Å². The quantitative estimate of drug-likeness (QED) is 0.826. The van der Waals surface area contributed by atoms with Gasteiger partial charge in [-0.05, 0) is 12.5 Å². The largest absolute Gasteiger partial charge is 0.358 e. The van der Waals surface area contributed by atoms with Crippen LogP contribution in [0.2, 0.25) is 0 Å². The van der Waals surface area contributed by atoms with Crippen molar-refractivity contribution in [1.29, 1.82) is 0 Å². The third-order valence-corrected chi connectivity index (χ3v) is 2.94. The van der Waals surface area contributed by atoms with E-state index < -0.39 is 0 Å². The van der Waals surface area contributed by atoms with Crippen LogP contribution in [-0.2, 0) is 12.6 Å². The van der Waals surface area contributed by atoms with E-state index in [0.29, 0.717) is 6.54 Å². The van der Waals surface area contributed by atoms with Crippen LogP contribution < -0.4 is 11.1 Å². The molecule has 0 aliphatic carbocycles. The van der Waals surface area contributed by atoms with Gasteiger partial charge >= 0.3 is 0 Å². The number of nitrogens with one attached hydrogen (secondary N) is 1. The second-order valence-corrected chi connectivity index (χ2v) is 4.27. The summed E-state index contributed by atoms with van der Waals surface area (Å²) < 4.78 is 1.69. The Morgan fingerprint density at radius 1 is 1.35 bits per heavy atom. The van der Waals surface area contributed by atoms with E-state index in [9.17, 15) is 0 Å². The minimum atomic E-state index is -0.323. The smallest absolute Gasteiger partial charge is 0.145 e. The molecule has 5 nitrogen and oxygen atoms in total. The topological polar surface area (TPSA) is 68.8 Å². The van der Waals surface area contributed by atoms with E-state index >= 15 is 0 Å². The number of aryl methyl sites for hydroxylation is 1. The lowest BCUT2D eigenvalue weighted by atomic mass is 9.92. The fourth-order valence-electron chi connectivity index (χ4n) is 1.73. The fraction of sp³-hybridized carbons (Fsp3) is 0.333. The summed E-state index contributed by atoms with van der Waals surface area (Å²) in [5.41, 5.74) is 6.71. The summed E-state index contributed by atoms with van der Waals surface area (Å²) in [5, 5.41) is 11.1. The van der Waals surface area contributed by atoms with Gasteiger partial charge in [0, 0.05) is 13.6 Å². The monoisotopic (exact) mass is 231 g/mol. The average Bonchev–Trinajstić information content (AvgIpc) is 2.76. The Hall–Kier alpha value is -1.88. The Kier molecular flexibility index (Phi) is 3.10. The summed E-state index contributed by atoms with van der Waals surface area (Å²) in [7, 11) is 1.84. The van der Waals surface area contributed by atoms with E-state index in [2.05, 4.69) is 34.7 Å². The van der Waals surface area contributed by atoms with Gasteiger partial charge in [0.2, 0.25) is 0 Å². The van der Waals surface area contributed by atoms with Crippen LogP contribution in [0.15, 0.2) is 36.5 Å². The zero-order valence-corrected chi connectivity index (χ0v) is 10.1. The molecule has 0 aliphatic heterocycles. The average molecular weight is 231 g/mol. The molecule has 1 unspecified atom stereocenters. The molecule has 2 aromatic rings. The highest BCUT2D eigenvalue weighted by Gasteiger charge is 2.25. The zero-order chi connectivity index (χ0) is 12.3. The highest BCUT2D eigenvalue weighted by Crippen LogP contribution is 2.24. The second-order valence-electron chi connectivity index (χ2n) is 4.27. The Morgan fingerprint density at radius 3 is 2.59 bits per heavy atom. The maximum absolute atomic E-state index is 5.89. The number of benzene rings is 1. The molecule has 2 rings (SSSR count). The molecular formula is C12H17N5. The van der Waals surface area contributed by atoms with Crippen LogP contribution in [-0.4, -0.2) is 21.5 Å². The summed E-state index contributed by atoms with van der Waals surface area (Å²) in [6.07, 6.45) is 1.69. The Labute approximate surface area is 101 Å². The van der Waals surface area contributed by atoms with Gasteiger partial charge in [0.05, 0.1) is 11.7 Å². The van der Waals surface area contributed by atoms with Crippen molar-refractivity contribution in [3.8, 4) is 0 Å². The van der Waals surface area contributed by atoms with Crippen LogP contribution in [0, 0.1) is 0 Å². The van der Waals surface area contributed by atoms with Crippen LogP contribution in [0.3, 0.4) is 0 Å². The van der Waals surface area contributed by atoms with Gasteiger partial charge in [-0.3, -0.25) is 0 Å². The first-order chi connectivity index (χ1) is 8.15. The van der Waals surface area contributed by atoms with Gasteiger partial charge in [-0.15, -0.1) is 5.10 Å². The van der Waals surface area contributed by atoms with Crippen LogP contribution in [0.4, 0.5) is 5.82 Å². The number of rotatable bonds is 4. The highest BCUT2D eigenvalue weighted by molar-refractivity contribution is 5.40. The lowest BCUT2D eigenvalue weighted by molar-refractivity contribution is 0.546. The first-order valence-electron chi connectivity index (χ1n) is 5.54. The molecule has 1 aromatic carbocycles. The molecule has 0 spiro atoms. The Bertz CT molecular complexity index is 479. The maximum atomic E-state index is 5.89. The van der Waals surface area contributed by atoms with Crippen molar-refractivity contribution in [2.24, 2.45) is 12.8 Å². The standard InChI is InChI=1S/C12H17N5/c1-12(9-13,10-6-4-3-5-7-10)15-11-8-14-16-17(11)2/h3-8,15H,9,13H2,1-2H3. The van der Waals surface area contributed by atoms with Crippen molar-refractivity contribution < 1.29 is 0 Å². The number of nitrogens with two attached hydrogens (primary N) is 1. The van der Waals surface area contributed by atoms with Crippen molar-refractivity contribution in [1.82, 2.24) is 15.0 Å². The summed E-state index contributed by atoms with van der Waals surface area (Å²) in [6.45, 7) is 2.55. The number of hydrogen-bond donors (Lipinski definition) is 2. The van der Waals surface area contributed by atoms with E-state index in [1.807, 2.05) is 25.2 Å². The first-order valence-corrected chi connectivity index (χ1v) is 5.54. The Morgan fingerprint density at radius 2 is 2.06 bits per heavy atom. The predicted molar refractivity (Wildman–Crippen MR) is 67.5 cm³/mol. The van der Waals surface area contributed by atoms with E-state index in [-0.39, 0.29) is 5.54 Å². The molecule has 0 saturated carbocycles. The van der Waals surface area contributed by atoms with Crippen LogP contribution in [0.25, 0.3) is 0 Å². The molecule has 0 amide bonds. The normalized spacial score (nSPS) is 14.3. The van der Waals surface area contributed by atoms with Gasteiger partial charge in [-0.1, -0.05) is 35.5 Å². The highest BCUT2D eigenvalue weighted by atomic mass is 15.4. The fourth-order valence-corrected chi connectivity index (χ4v) is 1.73. The van der Waals surface area contributed by atoms with Crippen molar-refractivity contribution in [3.63, 3.8) is 0 Å². The van der Waals surface area contributed by atoms with E-state index in [1.54, 1.807) is 10.9 Å². The van der Waals surface area contributed by atoms with Crippen molar-refractivity contribution in [3.05, 3.63) is 42.1 Å². The Balaban J connectivity index is 2.30. The van der Waals surface area contributed by atoms with E-state index in [0.717, 1.165) is 11.4 Å². The third kappa shape index (κ3) is 2.29. The van der Waals surface area contributed by atoms with Crippen LogP contribution >= 0.6 is 0 Å². The lowest BCUT2D eigenvalue weighted by Crippen LogP contribution is -2.40. The molecular weight excluding hydrogens is 214 g/mol. The van der Waals surface area contributed by atoms with Gasteiger partial charge in [0.1, 0.15) is 5.82 Å². The minimum Gasteiger partial charge on any atom is -0.358 e. The third-order valence-electron chi connectivity index (χ3n) is 2.94. The second kappa shape index (κ2) is 4.55. The molecule has 0 saturated heterocycles. The first kappa shape index (κ1) is 11.6. The van der Waals surface area contributed by atoms with Crippen LogP contribution in [0.5, 0.6) is 0 Å². The summed E-state index contributed by atoms with van der Waals surface area (Å²) in [5.74, 6) is 0.849. The minimum absolute atomic E-state index is 0.323. The number of hydrogen-bond acceptors (Lipinski definition) is 4. The molecule has 3 N–H and O–H groups in total. The molecule has 0 bridgehead atoms. The van der Waals surface area contributed by atoms with Gasteiger partial charge in [0.15, 0.2) is 0 Å². The lowest BCUT2D eigenvalue weighted by Gasteiger charge is -2.30. The van der Waals surface area contributed by atoms with Gasteiger partial charge < -0.3 is 11.1 Å². The van der Waals surface area contributed by atoms with E-state index in [1.165, 1.54) is 0 Å². The molecule has 0 aliphatic rings. The molecule has 90 valence electrons. The number of nitrogens with zero attached hydrogens (tertiary/aromatic N) is 3. The van der Waals surface area contributed by atoms with Crippen molar-refractivity contribution in [2.45, 2.75) is 12.5 Å². The van der Waals surface area contributed by atoms with Gasteiger partial charge in [-0.25, -0.2) is 4.68 Å². The summed E-state index contributed by atoms with van der Waals surface area (Å²) in [6, 6.07) is 10.1. The van der Waals surface area contributed by atoms with Crippen molar-refractivity contribution >= 4 is 5.82 Å². The summed E-state index contributed by atoms with van der Waals surface area (Å²) >= 11 is 0. The molecule has 17 heavy (non-hydrogen) atoms. The van der Waals surface area contributed by atoms with Crippen molar-refractivity contribution in [2.75, 3.05) is 11.9 Å². The molecule has 1 atom stereocenters. The SMILES string of the molecule is Cn1nncc1NC(C)(CN)c1ccccc1. The van der Waals surface area contributed by atoms with Gasteiger partial charge in [0.25, 0.3) is 0 Å². The summed E-state index contributed by atoms with van der Waals surface area (Å²) in [4.78, 5) is 0. The maximum Gasteiger partial charge on any atom is 0.145 e. The molecule has 1 aromatic heterocycles. The molecule has 0 radical (unpaired) electrons. The molecule has 1 heterocycles. The number of aromatic nitrogens is 3. The zero-order valence-electron chi connectivity index (χ0n) is 10.1. The van der Waals surface area contributed by atoms with Gasteiger partial charge in [-0.2, -0.15) is 0 Å². The molecule has 5 heteroatoms. The van der Waals surface area contributed by atoms with E-state index in [4.69, 9.17) is 5.73 Å². The molecule has 0 fully saturated rings. The predicted octanol–water partition coefficient (Wildman–Crippen LogP) is 1.10. The number of anilines is 1.